The van der Waals surface area contributed by atoms with Gasteiger partial charge in [-0.3, -0.25) is 9.59 Å². The van der Waals surface area contributed by atoms with E-state index < -0.39 is 5.92 Å². The van der Waals surface area contributed by atoms with Crippen molar-refractivity contribution >= 4 is 17.5 Å². The van der Waals surface area contributed by atoms with Crippen LogP contribution in [-0.4, -0.2) is 30.9 Å². The summed E-state index contributed by atoms with van der Waals surface area (Å²) < 4.78 is 0. The van der Waals surface area contributed by atoms with Crippen LogP contribution in [0.3, 0.4) is 0 Å². The molecule has 2 aliphatic rings. The number of nitrogens with two attached hydrogens (primary N) is 1. The van der Waals surface area contributed by atoms with Crippen molar-refractivity contribution in [2.75, 3.05) is 18.0 Å². The maximum atomic E-state index is 12.7. The molecule has 3 unspecified atom stereocenters. The van der Waals surface area contributed by atoms with Gasteiger partial charge in [-0.2, -0.15) is 0 Å². The number of rotatable bonds is 4. The van der Waals surface area contributed by atoms with Crippen molar-refractivity contribution in [2.45, 2.75) is 45.6 Å². The van der Waals surface area contributed by atoms with Crippen molar-refractivity contribution in [1.29, 1.82) is 0 Å². The Kier molecular flexibility index (Phi) is 4.90. The van der Waals surface area contributed by atoms with Crippen LogP contribution < -0.4 is 16.0 Å². The lowest BCUT2D eigenvalue weighted by atomic mass is 10.0. The zero-order chi connectivity index (χ0) is 17.3. The summed E-state index contributed by atoms with van der Waals surface area (Å²) in [6.45, 7) is 5.24. The van der Waals surface area contributed by atoms with Crippen LogP contribution in [0.1, 0.15) is 36.8 Å². The van der Waals surface area contributed by atoms with Gasteiger partial charge in [-0.05, 0) is 68.8 Å². The summed E-state index contributed by atoms with van der Waals surface area (Å²) in [5.74, 6) is -0.428. The van der Waals surface area contributed by atoms with Crippen LogP contribution in [0.25, 0.3) is 0 Å². The highest BCUT2D eigenvalue weighted by Gasteiger charge is 2.39. The molecule has 2 amide bonds. The SMILES string of the molecule is Cc1cc(C)cc(N2CCC(C(=O)NC3CCCC3CN)C2=O)c1. The fraction of sp³-hybridized carbons (Fsp3) is 0.579. The minimum atomic E-state index is -0.565. The molecule has 1 heterocycles. The van der Waals surface area contributed by atoms with Gasteiger partial charge in [0.2, 0.25) is 11.8 Å². The van der Waals surface area contributed by atoms with Crippen LogP contribution in [0, 0.1) is 25.7 Å². The molecule has 0 bridgehead atoms. The minimum Gasteiger partial charge on any atom is -0.352 e. The van der Waals surface area contributed by atoms with Crippen molar-refractivity contribution in [3.05, 3.63) is 29.3 Å². The van der Waals surface area contributed by atoms with Gasteiger partial charge in [0.15, 0.2) is 0 Å². The average Bonchev–Trinajstić information content (AvgIpc) is 3.12. The van der Waals surface area contributed by atoms with Crippen LogP contribution in [0.2, 0.25) is 0 Å². The maximum absolute atomic E-state index is 12.7. The Morgan fingerprint density at radius 1 is 1.21 bits per heavy atom. The molecular weight excluding hydrogens is 302 g/mol. The molecule has 3 N–H and O–H groups in total. The lowest BCUT2D eigenvalue weighted by molar-refractivity contribution is -0.132. The van der Waals surface area contributed by atoms with E-state index in [-0.39, 0.29) is 17.9 Å². The lowest BCUT2D eigenvalue weighted by Gasteiger charge is -2.22. The summed E-state index contributed by atoms with van der Waals surface area (Å²) in [6.07, 6.45) is 3.71. The summed E-state index contributed by atoms with van der Waals surface area (Å²) in [5, 5.41) is 3.08. The van der Waals surface area contributed by atoms with Gasteiger partial charge < -0.3 is 16.0 Å². The second kappa shape index (κ2) is 6.93. The van der Waals surface area contributed by atoms with Gasteiger partial charge in [0.05, 0.1) is 0 Å². The molecule has 2 fully saturated rings. The van der Waals surface area contributed by atoms with E-state index in [4.69, 9.17) is 5.73 Å². The van der Waals surface area contributed by atoms with E-state index in [1.807, 2.05) is 26.0 Å². The molecule has 5 nitrogen and oxygen atoms in total. The Labute approximate surface area is 143 Å². The van der Waals surface area contributed by atoms with Crippen molar-refractivity contribution in [3.8, 4) is 0 Å². The zero-order valence-corrected chi connectivity index (χ0v) is 14.5. The molecule has 24 heavy (non-hydrogen) atoms. The number of anilines is 1. The van der Waals surface area contributed by atoms with Gasteiger partial charge >= 0.3 is 0 Å². The van der Waals surface area contributed by atoms with Crippen molar-refractivity contribution < 1.29 is 9.59 Å². The molecule has 0 spiro atoms. The number of nitrogens with zero attached hydrogens (tertiary/aromatic N) is 1. The van der Waals surface area contributed by atoms with E-state index in [0.717, 1.165) is 36.1 Å². The predicted molar refractivity (Wildman–Crippen MR) is 94.7 cm³/mol. The van der Waals surface area contributed by atoms with E-state index in [2.05, 4.69) is 11.4 Å². The number of carbonyl (C=O) groups excluding carboxylic acids is 2. The molecule has 1 aromatic carbocycles. The number of carbonyl (C=O) groups is 2. The Balaban J connectivity index is 1.68. The third-order valence-electron chi connectivity index (χ3n) is 5.33. The first-order valence-electron chi connectivity index (χ1n) is 8.89. The van der Waals surface area contributed by atoms with E-state index in [1.165, 1.54) is 0 Å². The number of amides is 2. The zero-order valence-electron chi connectivity index (χ0n) is 14.5. The van der Waals surface area contributed by atoms with Crippen molar-refractivity contribution in [3.63, 3.8) is 0 Å². The van der Waals surface area contributed by atoms with Gasteiger partial charge in [-0.15, -0.1) is 0 Å². The molecule has 0 radical (unpaired) electrons. The fourth-order valence-corrected chi connectivity index (χ4v) is 4.08. The van der Waals surface area contributed by atoms with Gasteiger partial charge in [-0.25, -0.2) is 0 Å². The van der Waals surface area contributed by atoms with Gasteiger partial charge in [-0.1, -0.05) is 12.5 Å². The highest BCUT2D eigenvalue weighted by molar-refractivity contribution is 6.09. The highest BCUT2D eigenvalue weighted by atomic mass is 16.2. The predicted octanol–water partition coefficient (Wildman–Crippen LogP) is 1.90. The minimum absolute atomic E-state index is 0.0835. The number of nitrogens with one attached hydrogen (secondary N) is 1. The monoisotopic (exact) mass is 329 g/mol. The van der Waals surface area contributed by atoms with E-state index >= 15 is 0 Å². The summed E-state index contributed by atoms with van der Waals surface area (Å²) in [5.41, 5.74) is 8.93. The fourth-order valence-electron chi connectivity index (χ4n) is 4.08. The quantitative estimate of drug-likeness (QED) is 0.829. The number of hydrogen-bond acceptors (Lipinski definition) is 3. The van der Waals surface area contributed by atoms with E-state index in [1.54, 1.807) is 4.90 Å². The number of aryl methyl sites for hydroxylation is 2. The Morgan fingerprint density at radius 3 is 2.58 bits per heavy atom. The molecular formula is C19H27N3O2. The third kappa shape index (κ3) is 3.31. The highest BCUT2D eigenvalue weighted by Crippen LogP contribution is 2.29. The molecule has 1 saturated carbocycles. The molecule has 5 heteroatoms. The second-order valence-electron chi connectivity index (χ2n) is 7.22. The molecule has 1 aliphatic carbocycles. The maximum Gasteiger partial charge on any atom is 0.239 e. The van der Waals surface area contributed by atoms with Gasteiger partial charge in [0.25, 0.3) is 0 Å². The molecule has 3 atom stereocenters. The standard InChI is InChI=1S/C19H27N3O2/c1-12-8-13(2)10-15(9-12)22-7-6-16(19(22)24)18(23)21-17-5-3-4-14(17)11-20/h8-10,14,16-17H,3-7,11,20H2,1-2H3,(H,21,23). The largest absolute Gasteiger partial charge is 0.352 e. The lowest BCUT2D eigenvalue weighted by Crippen LogP contribution is -2.44. The number of hydrogen-bond donors (Lipinski definition) is 2. The average molecular weight is 329 g/mol. The van der Waals surface area contributed by atoms with Crippen LogP contribution in [0.5, 0.6) is 0 Å². The molecule has 130 valence electrons. The molecule has 1 saturated heterocycles. The summed E-state index contributed by atoms with van der Waals surface area (Å²) in [7, 11) is 0. The van der Waals surface area contributed by atoms with Gasteiger partial charge in [0.1, 0.15) is 5.92 Å². The first kappa shape index (κ1) is 17.0. The molecule has 1 aromatic rings. The second-order valence-corrected chi connectivity index (χ2v) is 7.22. The van der Waals surface area contributed by atoms with Crippen LogP contribution >= 0.6 is 0 Å². The first-order chi connectivity index (χ1) is 11.5. The third-order valence-corrected chi connectivity index (χ3v) is 5.33. The summed E-state index contributed by atoms with van der Waals surface area (Å²) in [6, 6.07) is 6.23. The molecule has 3 rings (SSSR count). The van der Waals surface area contributed by atoms with Crippen LogP contribution in [0.15, 0.2) is 18.2 Å². The van der Waals surface area contributed by atoms with Crippen molar-refractivity contribution in [2.24, 2.45) is 17.6 Å². The number of benzene rings is 1. The van der Waals surface area contributed by atoms with Gasteiger partial charge in [0, 0.05) is 18.3 Å². The van der Waals surface area contributed by atoms with E-state index in [9.17, 15) is 9.59 Å². The van der Waals surface area contributed by atoms with Crippen LogP contribution in [-0.2, 0) is 9.59 Å². The Hall–Kier alpha value is -1.88. The normalized spacial score (nSPS) is 26.9. The van der Waals surface area contributed by atoms with Crippen molar-refractivity contribution in [1.82, 2.24) is 5.32 Å². The van der Waals surface area contributed by atoms with E-state index in [0.29, 0.717) is 25.4 Å². The summed E-state index contributed by atoms with van der Waals surface area (Å²) >= 11 is 0. The smallest absolute Gasteiger partial charge is 0.239 e. The Morgan fingerprint density at radius 2 is 1.92 bits per heavy atom. The Bertz CT molecular complexity index is 623. The summed E-state index contributed by atoms with van der Waals surface area (Å²) in [4.78, 5) is 27.1. The molecule has 1 aliphatic heterocycles. The molecule has 0 aromatic heterocycles. The topological polar surface area (TPSA) is 75.4 Å². The van der Waals surface area contributed by atoms with Crippen LogP contribution in [0.4, 0.5) is 5.69 Å². The first-order valence-corrected chi connectivity index (χ1v) is 8.89.